The molecule has 88 valence electrons. The van der Waals surface area contributed by atoms with Crippen LogP contribution in [0.2, 0.25) is 0 Å². The van der Waals surface area contributed by atoms with Crippen LogP contribution in [0.25, 0.3) is 0 Å². The Bertz CT molecular complexity index is 662. The van der Waals surface area contributed by atoms with Gasteiger partial charge in [0.05, 0.1) is 4.90 Å². The van der Waals surface area contributed by atoms with E-state index in [0.29, 0.717) is 0 Å². The highest BCUT2D eigenvalue weighted by atomic mass is 32.2. The molecule has 0 aliphatic heterocycles. The van der Waals surface area contributed by atoms with Crippen molar-refractivity contribution in [2.45, 2.75) is 4.90 Å². The van der Waals surface area contributed by atoms with Crippen molar-refractivity contribution in [3.63, 3.8) is 0 Å². The van der Waals surface area contributed by atoms with E-state index in [1.54, 1.807) is 18.2 Å². The molecule has 0 atom stereocenters. The minimum Gasteiger partial charge on any atom is -0.308 e. The number of H-pyrrole nitrogens is 1. The molecule has 0 fully saturated rings. The number of pyridine rings is 1. The summed E-state index contributed by atoms with van der Waals surface area (Å²) in [5.41, 5.74) is -0.363. The lowest BCUT2D eigenvalue weighted by atomic mass is 10.4. The van der Waals surface area contributed by atoms with Crippen LogP contribution >= 0.6 is 0 Å². The van der Waals surface area contributed by atoms with Crippen molar-refractivity contribution >= 4 is 15.8 Å². The molecule has 17 heavy (non-hydrogen) atoms. The first-order chi connectivity index (χ1) is 8.08. The number of sulfonamides is 1. The van der Waals surface area contributed by atoms with Gasteiger partial charge in [-0.2, -0.15) is 0 Å². The normalized spacial score (nSPS) is 11.1. The minimum absolute atomic E-state index is 0.140. The van der Waals surface area contributed by atoms with Gasteiger partial charge in [-0.1, -0.05) is 24.3 Å². The van der Waals surface area contributed by atoms with Gasteiger partial charge in [0.1, 0.15) is 5.82 Å². The number of aromatic nitrogens is 1. The molecule has 1 aromatic heterocycles. The van der Waals surface area contributed by atoms with Crippen LogP contribution < -0.4 is 10.3 Å². The Morgan fingerprint density at radius 2 is 1.65 bits per heavy atom. The Labute approximate surface area is 98.2 Å². The fraction of sp³-hybridized carbons (Fsp3) is 0. The summed E-state index contributed by atoms with van der Waals surface area (Å²) in [7, 11) is -3.65. The van der Waals surface area contributed by atoms with Gasteiger partial charge in [0.25, 0.3) is 10.0 Å². The molecule has 2 rings (SSSR count). The standard InChI is InChI=1S/C11H10N2O3S/c14-11-8-4-7-10(12-11)13-17(15,16)9-5-2-1-3-6-9/h1-8H,(H2,12,13,14). The number of hydrogen-bond donors (Lipinski definition) is 2. The average molecular weight is 250 g/mol. The number of rotatable bonds is 3. The van der Waals surface area contributed by atoms with Gasteiger partial charge in [-0.05, 0) is 18.2 Å². The van der Waals surface area contributed by atoms with Crippen molar-refractivity contribution in [3.8, 4) is 0 Å². The molecule has 1 aromatic carbocycles. The number of aromatic amines is 1. The van der Waals surface area contributed by atoms with Gasteiger partial charge >= 0.3 is 0 Å². The van der Waals surface area contributed by atoms with Gasteiger partial charge < -0.3 is 4.98 Å². The molecule has 0 bridgehead atoms. The number of hydrogen-bond acceptors (Lipinski definition) is 3. The highest BCUT2D eigenvalue weighted by Crippen LogP contribution is 2.12. The molecule has 0 saturated carbocycles. The molecule has 0 saturated heterocycles. The number of nitrogens with one attached hydrogen (secondary N) is 2. The monoisotopic (exact) mass is 250 g/mol. The van der Waals surface area contributed by atoms with E-state index in [-0.39, 0.29) is 16.3 Å². The summed E-state index contributed by atoms with van der Waals surface area (Å²) in [6.45, 7) is 0. The predicted molar refractivity (Wildman–Crippen MR) is 64.3 cm³/mol. The molecule has 2 N–H and O–H groups in total. The maximum Gasteiger partial charge on any atom is 0.262 e. The second kappa shape index (κ2) is 4.42. The van der Waals surface area contributed by atoms with Gasteiger partial charge in [-0.25, -0.2) is 8.42 Å². The maximum absolute atomic E-state index is 11.9. The second-order valence-corrected chi connectivity index (χ2v) is 5.03. The Kier molecular flexibility index (Phi) is 2.97. The van der Waals surface area contributed by atoms with E-state index >= 15 is 0 Å². The molecule has 5 nitrogen and oxygen atoms in total. The zero-order valence-electron chi connectivity index (χ0n) is 8.75. The van der Waals surface area contributed by atoms with Crippen LogP contribution in [0.15, 0.2) is 58.2 Å². The molecule has 0 aliphatic rings. The van der Waals surface area contributed by atoms with Crippen molar-refractivity contribution in [1.29, 1.82) is 0 Å². The van der Waals surface area contributed by atoms with Crippen LogP contribution in [0.3, 0.4) is 0 Å². The smallest absolute Gasteiger partial charge is 0.262 e. The van der Waals surface area contributed by atoms with Crippen molar-refractivity contribution < 1.29 is 8.42 Å². The zero-order valence-corrected chi connectivity index (χ0v) is 9.57. The fourth-order valence-corrected chi connectivity index (χ4v) is 2.35. The predicted octanol–water partition coefficient (Wildman–Crippen LogP) is 1.18. The molecule has 6 heteroatoms. The summed E-state index contributed by atoms with van der Waals surface area (Å²) >= 11 is 0. The van der Waals surface area contributed by atoms with Gasteiger partial charge in [0.2, 0.25) is 5.56 Å². The summed E-state index contributed by atoms with van der Waals surface area (Å²) in [6, 6.07) is 12.2. The number of anilines is 1. The van der Waals surface area contributed by atoms with E-state index in [1.807, 2.05) is 0 Å². The average Bonchev–Trinajstić information content (AvgIpc) is 2.29. The summed E-state index contributed by atoms with van der Waals surface area (Å²) in [5.74, 6) is 0.140. The van der Waals surface area contributed by atoms with E-state index in [1.165, 1.54) is 30.3 Å². The quantitative estimate of drug-likeness (QED) is 0.858. The third kappa shape index (κ3) is 2.73. The first kappa shape index (κ1) is 11.4. The minimum atomic E-state index is -3.65. The third-order valence-corrected chi connectivity index (χ3v) is 3.45. The molecule has 2 aromatic rings. The Morgan fingerprint density at radius 3 is 2.29 bits per heavy atom. The molecule has 0 aliphatic carbocycles. The number of benzene rings is 1. The summed E-state index contributed by atoms with van der Waals surface area (Å²) < 4.78 is 26.1. The highest BCUT2D eigenvalue weighted by Gasteiger charge is 2.13. The first-order valence-electron chi connectivity index (χ1n) is 4.85. The summed E-state index contributed by atoms with van der Waals surface area (Å²) in [5, 5.41) is 0. The van der Waals surface area contributed by atoms with E-state index in [4.69, 9.17) is 0 Å². The van der Waals surface area contributed by atoms with Gasteiger partial charge in [-0.15, -0.1) is 0 Å². The van der Waals surface area contributed by atoms with E-state index in [0.717, 1.165) is 0 Å². The summed E-state index contributed by atoms with van der Waals surface area (Å²) in [4.78, 5) is 13.6. The van der Waals surface area contributed by atoms with Crippen LogP contribution in [-0.4, -0.2) is 13.4 Å². The molecule has 1 heterocycles. The Morgan fingerprint density at radius 1 is 0.941 bits per heavy atom. The molecular weight excluding hydrogens is 240 g/mol. The fourth-order valence-electron chi connectivity index (χ4n) is 1.31. The summed E-state index contributed by atoms with van der Waals surface area (Å²) in [6.07, 6.45) is 0. The maximum atomic E-state index is 11.9. The Balaban J connectivity index is 2.33. The van der Waals surface area contributed by atoms with Crippen LogP contribution in [0.5, 0.6) is 0 Å². The molecule has 0 unspecified atom stereocenters. The van der Waals surface area contributed by atoms with Crippen molar-refractivity contribution in [3.05, 3.63) is 58.9 Å². The van der Waals surface area contributed by atoms with Crippen LogP contribution in [0, 0.1) is 0 Å². The SMILES string of the molecule is O=c1cccc(NS(=O)(=O)c2ccccc2)[nH]1. The highest BCUT2D eigenvalue weighted by molar-refractivity contribution is 7.92. The topological polar surface area (TPSA) is 79.0 Å². The molecule has 0 radical (unpaired) electrons. The molecular formula is C11H10N2O3S. The molecule has 0 spiro atoms. The van der Waals surface area contributed by atoms with E-state index < -0.39 is 10.0 Å². The van der Waals surface area contributed by atoms with Gasteiger partial charge in [-0.3, -0.25) is 9.52 Å². The van der Waals surface area contributed by atoms with Crippen LogP contribution in [-0.2, 0) is 10.0 Å². The molecule has 0 amide bonds. The largest absolute Gasteiger partial charge is 0.308 e. The second-order valence-electron chi connectivity index (χ2n) is 3.35. The van der Waals surface area contributed by atoms with Crippen molar-refractivity contribution in [2.75, 3.05) is 4.72 Å². The van der Waals surface area contributed by atoms with E-state index in [2.05, 4.69) is 9.71 Å². The van der Waals surface area contributed by atoms with Crippen LogP contribution in [0.4, 0.5) is 5.82 Å². The van der Waals surface area contributed by atoms with Gasteiger partial charge in [0.15, 0.2) is 0 Å². The lowest BCUT2D eigenvalue weighted by molar-refractivity contribution is 0.601. The lowest BCUT2D eigenvalue weighted by Crippen LogP contribution is -2.16. The van der Waals surface area contributed by atoms with Crippen molar-refractivity contribution in [2.24, 2.45) is 0 Å². The first-order valence-corrected chi connectivity index (χ1v) is 6.33. The van der Waals surface area contributed by atoms with Crippen molar-refractivity contribution in [1.82, 2.24) is 4.98 Å². The zero-order chi connectivity index (χ0) is 12.3. The Hall–Kier alpha value is -2.08. The van der Waals surface area contributed by atoms with E-state index in [9.17, 15) is 13.2 Å². The third-order valence-electron chi connectivity index (χ3n) is 2.07. The van der Waals surface area contributed by atoms with Crippen LogP contribution in [0.1, 0.15) is 0 Å². The van der Waals surface area contributed by atoms with Gasteiger partial charge in [0, 0.05) is 6.07 Å². The lowest BCUT2D eigenvalue weighted by Gasteiger charge is -2.06.